The number of benzene rings is 1. The Morgan fingerprint density at radius 3 is 2.79 bits per heavy atom. The van der Waals surface area contributed by atoms with E-state index in [1.54, 1.807) is 24.3 Å². The van der Waals surface area contributed by atoms with Gasteiger partial charge in [0.15, 0.2) is 5.69 Å². The van der Waals surface area contributed by atoms with Gasteiger partial charge in [-0.15, -0.1) is 0 Å². The molecule has 1 aromatic heterocycles. The quantitative estimate of drug-likeness (QED) is 0.782. The van der Waals surface area contributed by atoms with Crippen LogP contribution in [0.3, 0.4) is 0 Å². The topological polar surface area (TPSA) is 95.1 Å². The molecule has 1 aromatic carbocycles. The van der Waals surface area contributed by atoms with Crippen molar-refractivity contribution < 1.29 is 9.90 Å². The number of carbonyl (C=O) groups is 1. The second-order valence-corrected chi connectivity index (χ2v) is 6.44. The zero-order chi connectivity index (χ0) is 16.9. The number of aromatic nitrogens is 2. The Hall–Kier alpha value is -2.21. The molecule has 3 N–H and O–H groups in total. The molecule has 1 heterocycles. The Balaban J connectivity index is 1.82. The van der Waals surface area contributed by atoms with E-state index in [0.29, 0.717) is 23.2 Å². The number of carbonyl (C=O) groups excluding carboxylic acids is 1. The van der Waals surface area contributed by atoms with Crippen molar-refractivity contribution in [1.82, 2.24) is 15.5 Å². The van der Waals surface area contributed by atoms with Gasteiger partial charge < -0.3 is 10.4 Å². The van der Waals surface area contributed by atoms with Crippen LogP contribution in [0.2, 0.25) is 0 Å². The molecule has 1 aliphatic rings. The molecule has 6 heteroatoms. The summed E-state index contributed by atoms with van der Waals surface area (Å²) >= 11 is 0. The van der Waals surface area contributed by atoms with E-state index in [1.807, 2.05) is 0 Å². The van der Waals surface area contributed by atoms with Gasteiger partial charge in [-0.1, -0.05) is 31.4 Å². The summed E-state index contributed by atoms with van der Waals surface area (Å²) in [6.07, 6.45) is 6.12. The molecule has 1 unspecified atom stereocenters. The van der Waals surface area contributed by atoms with Crippen molar-refractivity contribution >= 4 is 16.8 Å². The van der Waals surface area contributed by atoms with Gasteiger partial charge in [0.25, 0.3) is 5.91 Å². The van der Waals surface area contributed by atoms with Gasteiger partial charge in [-0.25, -0.2) is 0 Å². The zero-order valence-corrected chi connectivity index (χ0v) is 13.6. The highest BCUT2D eigenvalue weighted by Gasteiger charge is 2.26. The lowest BCUT2D eigenvalue weighted by molar-refractivity contribution is 0.0892. The Bertz CT molecular complexity index is 765. The van der Waals surface area contributed by atoms with Crippen LogP contribution in [-0.2, 0) is 0 Å². The number of aromatic amines is 1. The minimum atomic E-state index is -0.467. The van der Waals surface area contributed by atoms with Crippen LogP contribution >= 0.6 is 0 Å². The van der Waals surface area contributed by atoms with Crippen molar-refractivity contribution in [1.29, 1.82) is 0 Å². The SMILES string of the molecule is O=C(NC(CCO)C1CCCCC1)c1n[nH]c2ccccc2c1=O. The Morgan fingerprint density at radius 1 is 1.29 bits per heavy atom. The number of aliphatic hydroxyl groups is 1. The average molecular weight is 329 g/mol. The summed E-state index contributed by atoms with van der Waals surface area (Å²) in [4.78, 5) is 25.1. The molecule has 1 fully saturated rings. The number of aliphatic hydroxyl groups excluding tert-OH is 1. The molecule has 2 aromatic rings. The molecule has 0 saturated heterocycles. The van der Waals surface area contributed by atoms with Crippen molar-refractivity contribution in [2.24, 2.45) is 5.92 Å². The van der Waals surface area contributed by atoms with Crippen LogP contribution in [0.25, 0.3) is 10.9 Å². The summed E-state index contributed by atoms with van der Waals surface area (Å²) in [5.74, 6) is -0.111. The third kappa shape index (κ3) is 3.48. The van der Waals surface area contributed by atoms with Gasteiger partial charge in [0.05, 0.1) is 5.52 Å². The molecule has 1 aliphatic carbocycles. The fraction of sp³-hybridized carbons (Fsp3) is 0.500. The van der Waals surface area contributed by atoms with Crippen LogP contribution in [0.5, 0.6) is 0 Å². The largest absolute Gasteiger partial charge is 0.396 e. The average Bonchev–Trinajstić information content (AvgIpc) is 2.62. The first-order valence-electron chi connectivity index (χ1n) is 8.60. The van der Waals surface area contributed by atoms with Gasteiger partial charge in [-0.2, -0.15) is 5.10 Å². The monoisotopic (exact) mass is 329 g/mol. The minimum absolute atomic E-state index is 0.0168. The normalized spacial score (nSPS) is 16.9. The predicted octanol–water partition coefficient (Wildman–Crippen LogP) is 1.98. The molecule has 24 heavy (non-hydrogen) atoms. The summed E-state index contributed by atoms with van der Waals surface area (Å²) in [7, 11) is 0. The fourth-order valence-electron chi connectivity index (χ4n) is 3.57. The predicted molar refractivity (Wildman–Crippen MR) is 91.9 cm³/mol. The van der Waals surface area contributed by atoms with Crippen LogP contribution in [-0.4, -0.2) is 33.9 Å². The molecule has 1 saturated carbocycles. The third-order valence-corrected chi connectivity index (χ3v) is 4.87. The molecule has 0 radical (unpaired) electrons. The molecule has 0 bridgehead atoms. The number of amides is 1. The number of rotatable bonds is 5. The molecule has 1 atom stereocenters. The van der Waals surface area contributed by atoms with Gasteiger partial charge >= 0.3 is 0 Å². The van der Waals surface area contributed by atoms with Gasteiger partial charge in [0.2, 0.25) is 5.43 Å². The molecule has 1 amide bonds. The van der Waals surface area contributed by atoms with Crippen molar-refractivity contribution in [3.8, 4) is 0 Å². The number of para-hydroxylation sites is 1. The lowest BCUT2D eigenvalue weighted by atomic mass is 9.82. The minimum Gasteiger partial charge on any atom is -0.396 e. The van der Waals surface area contributed by atoms with E-state index < -0.39 is 5.91 Å². The standard InChI is InChI=1S/C18H23N3O3/c22-11-10-14(12-6-2-1-3-7-12)19-18(24)16-17(23)13-8-4-5-9-15(13)20-21-16/h4-5,8-9,12,14,22H,1-3,6-7,10-11H2,(H,19,24)(H,20,23). The second kappa shape index (κ2) is 7.57. The fourth-order valence-corrected chi connectivity index (χ4v) is 3.57. The van der Waals surface area contributed by atoms with E-state index in [-0.39, 0.29) is 23.8 Å². The van der Waals surface area contributed by atoms with Crippen molar-refractivity contribution in [2.75, 3.05) is 6.61 Å². The van der Waals surface area contributed by atoms with Crippen molar-refractivity contribution in [2.45, 2.75) is 44.6 Å². The van der Waals surface area contributed by atoms with E-state index in [1.165, 1.54) is 6.42 Å². The maximum absolute atomic E-state index is 12.6. The zero-order valence-electron chi connectivity index (χ0n) is 13.6. The van der Waals surface area contributed by atoms with Gasteiger partial charge in [-0.3, -0.25) is 14.7 Å². The highest BCUT2D eigenvalue weighted by molar-refractivity contribution is 5.95. The van der Waals surface area contributed by atoms with Gasteiger partial charge in [0, 0.05) is 18.0 Å². The molecule has 0 spiro atoms. The van der Waals surface area contributed by atoms with Gasteiger partial charge in [-0.05, 0) is 37.3 Å². The summed E-state index contributed by atoms with van der Waals surface area (Å²) < 4.78 is 0. The lowest BCUT2D eigenvalue weighted by Crippen LogP contribution is -2.43. The van der Waals surface area contributed by atoms with Crippen LogP contribution in [0.15, 0.2) is 29.1 Å². The molecule has 6 nitrogen and oxygen atoms in total. The lowest BCUT2D eigenvalue weighted by Gasteiger charge is -2.30. The van der Waals surface area contributed by atoms with Crippen molar-refractivity contribution in [3.05, 3.63) is 40.2 Å². The maximum Gasteiger partial charge on any atom is 0.276 e. The Morgan fingerprint density at radius 2 is 2.04 bits per heavy atom. The summed E-state index contributed by atoms with van der Waals surface area (Å²) in [5.41, 5.74) is 0.124. The van der Waals surface area contributed by atoms with Crippen LogP contribution in [0.4, 0.5) is 0 Å². The van der Waals surface area contributed by atoms with E-state index >= 15 is 0 Å². The molecule has 0 aliphatic heterocycles. The van der Waals surface area contributed by atoms with Crippen LogP contribution in [0.1, 0.15) is 49.0 Å². The number of fused-ring (bicyclic) bond motifs is 1. The molecular formula is C18H23N3O3. The Labute approximate surface area is 140 Å². The van der Waals surface area contributed by atoms with Crippen molar-refractivity contribution in [3.63, 3.8) is 0 Å². The highest BCUT2D eigenvalue weighted by atomic mass is 16.3. The van der Waals surface area contributed by atoms with Crippen LogP contribution < -0.4 is 10.7 Å². The number of hydrogen-bond donors (Lipinski definition) is 3. The van der Waals surface area contributed by atoms with E-state index in [9.17, 15) is 14.7 Å². The number of H-pyrrole nitrogens is 1. The smallest absolute Gasteiger partial charge is 0.276 e. The second-order valence-electron chi connectivity index (χ2n) is 6.44. The first-order chi connectivity index (χ1) is 11.7. The number of hydrogen-bond acceptors (Lipinski definition) is 4. The highest BCUT2D eigenvalue weighted by Crippen LogP contribution is 2.27. The van der Waals surface area contributed by atoms with E-state index in [4.69, 9.17) is 0 Å². The number of nitrogens with zero attached hydrogens (tertiary/aromatic N) is 1. The summed E-state index contributed by atoms with van der Waals surface area (Å²) in [5, 5.41) is 19.4. The molecule has 3 rings (SSSR count). The van der Waals surface area contributed by atoms with E-state index in [0.717, 1.165) is 25.7 Å². The summed E-state index contributed by atoms with van der Waals surface area (Å²) in [6, 6.07) is 6.88. The van der Waals surface area contributed by atoms with Crippen LogP contribution in [0, 0.1) is 5.92 Å². The maximum atomic E-state index is 12.6. The number of nitrogens with one attached hydrogen (secondary N) is 2. The first-order valence-corrected chi connectivity index (χ1v) is 8.60. The molecule has 128 valence electrons. The summed E-state index contributed by atoms with van der Waals surface area (Å²) in [6.45, 7) is 0.0168. The third-order valence-electron chi connectivity index (χ3n) is 4.87. The first kappa shape index (κ1) is 16.6. The van der Waals surface area contributed by atoms with Gasteiger partial charge in [0.1, 0.15) is 0 Å². The van der Waals surface area contributed by atoms with E-state index in [2.05, 4.69) is 15.5 Å². The Kier molecular flexibility index (Phi) is 5.25. The molecular weight excluding hydrogens is 306 g/mol.